The van der Waals surface area contributed by atoms with Crippen molar-refractivity contribution in [2.45, 2.75) is 59.0 Å². The van der Waals surface area contributed by atoms with Crippen LogP contribution < -0.4 is 0 Å². The number of alkyl halides is 1. The summed E-state index contributed by atoms with van der Waals surface area (Å²) in [5, 5.41) is 0. The first-order valence-corrected chi connectivity index (χ1v) is 5.58. The largest absolute Gasteiger partial charge is 0.244 e. The number of hydrogen-bond acceptors (Lipinski definition) is 0. The first-order valence-electron chi connectivity index (χ1n) is 5.58. The number of hydrogen-bond donors (Lipinski definition) is 0. The fraction of sp³-hybridized carbons (Fsp3) is 1.00. The van der Waals surface area contributed by atoms with Crippen molar-refractivity contribution in [3.8, 4) is 0 Å². The van der Waals surface area contributed by atoms with Crippen molar-refractivity contribution >= 4 is 0 Å². The van der Waals surface area contributed by atoms with Gasteiger partial charge >= 0.3 is 0 Å². The van der Waals surface area contributed by atoms with Gasteiger partial charge in [0.15, 0.2) is 0 Å². The van der Waals surface area contributed by atoms with E-state index >= 15 is 0 Å². The Labute approximate surface area is 81.9 Å². The topological polar surface area (TPSA) is 0 Å². The van der Waals surface area contributed by atoms with Crippen LogP contribution in [-0.2, 0) is 0 Å². The molecule has 1 aliphatic carbocycles. The van der Waals surface area contributed by atoms with E-state index in [0.717, 1.165) is 12.8 Å². The molecular formula is C12H23F. The minimum atomic E-state index is -0.892. The highest BCUT2D eigenvalue weighted by Crippen LogP contribution is 2.40. The zero-order chi connectivity index (χ0) is 10.1. The molecule has 0 aromatic carbocycles. The van der Waals surface area contributed by atoms with E-state index in [4.69, 9.17) is 0 Å². The lowest BCUT2D eigenvalue weighted by Gasteiger charge is -2.36. The van der Waals surface area contributed by atoms with Crippen LogP contribution in [0.5, 0.6) is 0 Å². The second-order valence-corrected chi connectivity index (χ2v) is 5.66. The SMILES string of the molecule is CC(C)C[C@H]1C[C@H](C)CC(C)(F)C1. The van der Waals surface area contributed by atoms with E-state index in [0.29, 0.717) is 17.8 Å². The van der Waals surface area contributed by atoms with Gasteiger partial charge in [-0.25, -0.2) is 4.39 Å². The molecule has 0 N–H and O–H groups in total. The van der Waals surface area contributed by atoms with Crippen LogP contribution in [0, 0.1) is 17.8 Å². The molecule has 0 radical (unpaired) electrons. The van der Waals surface area contributed by atoms with Gasteiger partial charge in [-0.2, -0.15) is 0 Å². The summed E-state index contributed by atoms with van der Waals surface area (Å²) in [6.07, 6.45) is 3.98. The van der Waals surface area contributed by atoms with Gasteiger partial charge < -0.3 is 0 Å². The van der Waals surface area contributed by atoms with E-state index in [1.807, 2.05) is 0 Å². The summed E-state index contributed by atoms with van der Waals surface area (Å²) >= 11 is 0. The van der Waals surface area contributed by atoms with Gasteiger partial charge in [0.2, 0.25) is 0 Å². The Kier molecular flexibility index (Phi) is 3.37. The molecular weight excluding hydrogens is 163 g/mol. The van der Waals surface area contributed by atoms with Crippen molar-refractivity contribution in [2.24, 2.45) is 17.8 Å². The molecule has 0 aromatic heterocycles. The van der Waals surface area contributed by atoms with E-state index in [-0.39, 0.29) is 0 Å². The van der Waals surface area contributed by atoms with Crippen LogP contribution >= 0.6 is 0 Å². The maximum absolute atomic E-state index is 13.8. The predicted octanol–water partition coefficient (Wildman–Crippen LogP) is 4.20. The highest BCUT2D eigenvalue weighted by molar-refractivity contribution is 4.86. The van der Waals surface area contributed by atoms with Crippen LogP contribution in [0.25, 0.3) is 0 Å². The second kappa shape index (κ2) is 3.98. The van der Waals surface area contributed by atoms with Gasteiger partial charge in [0.05, 0.1) is 0 Å². The van der Waals surface area contributed by atoms with E-state index in [2.05, 4.69) is 20.8 Å². The molecule has 3 atom stereocenters. The quantitative estimate of drug-likeness (QED) is 0.606. The first kappa shape index (κ1) is 11.0. The molecule has 1 rings (SSSR count). The fourth-order valence-corrected chi connectivity index (χ4v) is 2.99. The molecule has 0 heterocycles. The fourth-order valence-electron chi connectivity index (χ4n) is 2.99. The van der Waals surface area contributed by atoms with Crippen LogP contribution in [0.1, 0.15) is 53.4 Å². The molecule has 0 amide bonds. The van der Waals surface area contributed by atoms with Gasteiger partial charge in [-0.15, -0.1) is 0 Å². The molecule has 1 unspecified atom stereocenters. The summed E-state index contributed by atoms with van der Waals surface area (Å²) in [5.74, 6) is 1.91. The molecule has 0 nitrogen and oxygen atoms in total. The standard InChI is InChI=1S/C12H23F/c1-9(2)5-11-6-10(3)7-12(4,13)8-11/h9-11H,5-8H2,1-4H3/t10-,11-,12?/m0/s1. The molecule has 13 heavy (non-hydrogen) atoms. The average molecular weight is 186 g/mol. The molecule has 0 bridgehead atoms. The van der Waals surface area contributed by atoms with Crippen molar-refractivity contribution < 1.29 is 4.39 Å². The molecule has 1 heteroatoms. The summed E-state index contributed by atoms with van der Waals surface area (Å²) < 4.78 is 13.8. The first-order chi connectivity index (χ1) is 5.89. The molecule has 1 saturated carbocycles. The lowest BCUT2D eigenvalue weighted by molar-refractivity contribution is 0.0570. The molecule has 78 valence electrons. The van der Waals surface area contributed by atoms with Crippen molar-refractivity contribution in [1.29, 1.82) is 0 Å². The Morgan fingerprint density at radius 3 is 2.46 bits per heavy atom. The number of rotatable bonds is 2. The minimum absolute atomic E-state index is 0.576. The molecule has 1 aliphatic rings. The van der Waals surface area contributed by atoms with Crippen molar-refractivity contribution in [2.75, 3.05) is 0 Å². The Morgan fingerprint density at radius 2 is 2.00 bits per heavy atom. The van der Waals surface area contributed by atoms with Crippen LogP contribution in [0.4, 0.5) is 4.39 Å². The van der Waals surface area contributed by atoms with Crippen LogP contribution in [-0.4, -0.2) is 5.67 Å². The van der Waals surface area contributed by atoms with E-state index in [1.54, 1.807) is 6.92 Å². The van der Waals surface area contributed by atoms with Crippen LogP contribution in [0.15, 0.2) is 0 Å². The maximum Gasteiger partial charge on any atom is 0.108 e. The Balaban J connectivity index is 2.48. The van der Waals surface area contributed by atoms with Gasteiger partial charge in [-0.1, -0.05) is 20.8 Å². The highest BCUT2D eigenvalue weighted by Gasteiger charge is 2.35. The highest BCUT2D eigenvalue weighted by atomic mass is 19.1. The Bertz CT molecular complexity index is 159. The lowest BCUT2D eigenvalue weighted by Crippen LogP contribution is -2.32. The van der Waals surface area contributed by atoms with E-state index < -0.39 is 5.67 Å². The monoisotopic (exact) mass is 186 g/mol. The van der Waals surface area contributed by atoms with Gasteiger partial charge in [0.25, 0.3) is 0 Å². The van der Waals surface area contributed by atoms with Gasteiger partial charge in [-0.3, -0.25) is 0 Å². The van der Waals surface area contributed by atoms with Gasteiger partial charge in [0.1, 0.15) is 5.67 Å². The Morgan fingerprint density at radius 1 is 1.38 bits per heavy atom. The summed E-state index contributed by atoms with van der Waals surface area (Å²) in [5.41, 5.74) is -0.892. The lowest BCUT2D eigenvalue weighted by atomic mass is 9.72. The number of halogens is 1. The normalized spacial score (nSPS) is 41.1. The van der Waals surface area contributed by atoms with Gasteiger partial charge in [0, 0.05) is 0 Å². The molecule has 0 saturated heterocycles. The average Bonchev–Trinajstić information content (AvgIpc) is 1.78. The smallest absolute Gasteiger partial charge is 0.108 e. The van der Waals surface area contributed by atoms with E-state index in [9.17, 15) is 4.39 Å². The summed E-state index contributed by atoms with van der Waals surface area (Å²) in [6, 6.07) is 0. The maximum atomic E-state index is 13.8. The predicted molar refractivity (Wildman–Crippen MR) is 55.5 cm³/mol. The van der Waals surface area contributed by atoms with Crippen molar-refractivity contribution in [3.63, 3.8) is 0 Å². The van der Waals surface area contributed by atoms with E-state index in [1.165, 1.54) is 12.8 Å². The van der Waals surface area contributed by atoms with Crippen molar-refractivity contribution in [3.05, 3.63) is 0 Å². The minimum Gasteiger partial charge on any atom is -0.244 e. The summed E-state index contributed by atoms with van der Waals surface area (Å²) in [7, 11) is 0. The Hall–Kier alpha value is -0.0700. The third-order valence-electron chi connectivity index (χ3n) is 3.03. The third-order valence-corrected chi connectivity index (χ3v) is 3.03. The molecule has 0 spiro atoms. The third kappa shape index (κ3) is 3.66. The van der Waals surface area contributed by atoms with Crippen LogP contribution in [0.3, 0.4) is 0 Å². The zero-order valence-corrected chi connectivity index (χ0v) is 9.44. The summed E-state index contributed by atoms with van der Waals surface area (Å²) in [4.78, 5) is 0. The molecule has 1 fully saturated rings. The summed E-state index contributed by atoms with van der Waals surface area (Å²) in [6.45, 7) is 8.42. The molecule has 0 aliphatic heterocycles. The van der Waals surface area contributed by atoms with Crippen molar-refractivity contribution in [1.82, 2.24) is 0 Å². The second-order valence-electron chi connectivity index (χ2n) is 5.66. The zero-order valence-electron chi connectivity index (χ0n) is 9.44. The molecule has 0 aromatic rings. The van der Waals surface area contributed by atoms with Gasteiger partial charge in [-0.05, 0) is 50.4 Å². The van der Waals surface area contributed by atoms with Crippen LogP contribution in [0.2, 0.25) is 0 Å².